The summed E-state index contributed by atoms with van der Waals surface area (Å²) in [5.41, 5.74) is 3.58. The third kappa shape index (κ3) is 4.78. The van der Waals surface area contributed by atoms with Crippen LogP contribution in [-0.4, -0.2) is 70.7 Å². The van der Waals surface area contributed by atoms with Gasteiger partial charge in [-0.15, -0.1) is 0 Å². The fraction of sp³-hybridized carbons (Fsp3) is 0.409. The molecule has 9 heteroatoms. The van der Waals surface area contributed by atoms with Crippen molar-refractivity contribution in [1.82, 2.24) is 24.6 Å². The third-order valence-corrected chi connectivity index (χ3v) is 5.60. The van der Waals surface area contributed by atoms with Crippen molar-refractivity contribution in [3.05, 3.63) is 42.9 Å². The zero-order chi connectivity index (χ0) is 21.0. The topological polar surface area (TPSA) is 95.8 Å². The van der Waals surface area contributed by atoms with Crippen LogP contribution in [0.2, 0.25) is 0 Å². The highest BCUT2D eigenvalue weighted by molar-refractivity contribution is 5.89. The number of nitrogens with one attached hydrogen (secondary N) is 3. The fourth-order valence-corrected chi connectivity index (χ4v) is 3.71. The van der Waals surface area contributed by atoms with E-state index in [1.54, 1.807) is 6.20 Å². The van der Waals surface area contributed by atoms with Gasteiger partial charge in [-0.05, 0) is 25.0 Å². The Balaban J connectivity index is 1.19. The van der Waals surface area contributed by atoms with Crippen molar-refractivity contribution in [1.29, 1.82) is 0 Å². The van der Waals surface area contributed by atoms with E-state index in [2.05, 4.69) is 30.8 Å². The van der Waals surface area contributed by atoms with Crippen molar-refractivity contribution >= 4 is 23.2 Å². The van der Waals surface area contributed by atoms with E-state index in [-0.39, 0.29) is 6.03 Å². The Hall–Kier alpha value is -3.17. The SMILES string of the molecule is O=C(NCCN1CCOCC1)Nc1ccc(-c2cnc3c(NC4CC4)nccn23)cc1. The molecule has 1 aromatic carbocycles. The number of urea groups is 1. The predicted octanol–water partition coefficient (Wildman–Crippen LogP) is 2.42. The molecule has 2 aliphatic rings. The van der Waals surface area contributed by atoms with E-state index in [9.17, 15) is 4.79 Å². The average molecular weight is 422 g/mol. The van der Waals surface area contributed by atoms with E-state index in [1.165, 1.54) is 12.8 Å². The highest BCUT2D eigenvalue weighted by Gasteiger charge is 2.23. The van der Waals surface area contributed by atoms with Crippen LogP contribution in [-0.2, 0) is 4.74 Å². The summed E-state index contributed by atoms with van der Waals surface area (Å²) in [5, 5.41) is 9.24. The molecule has 1 saturated heterocycles. The van der Waals surface area contributed by atoms with Gasteiger partial charge in [-0.3, -0.25) is 9.30 Å². The van der Waals surface area contributed by atoms with Crippen molar-refractivity contribution in [2.24, 2.45) is 0 Å². The monoisotopic (exact) mass is 421 g/mol. The van der Waals surface area contributed by atoms with Crippen LogP contribution < -0.4 is 16.0 Å². The number of nitrogens with zero attached hydrogens (tertiary/aromatic N) is 4. The van der Waals surface area contributed by atoms with E-state index in [0.29, 0.717) is 12.6 Å². The Morgan fingerprint density at radius 1 is 1.13 bits per heavy atom. The molecule has 2 fully saturated rings. The maximum atomic E-state index is 12.2. The molecule has 0 spiro atoms. The lowest BCUT2D eigenvalue weighted by molar-refractivity contribution is 0.0388. The van der Waals surface area contributed by atoms with E-state index in [4.69, 9.17) is 4.74 Å². The van der Waals surface area contributed by atoms with E-state index >= 15 is 0 Å². The number of carbonyl (C=O) groups is 1. The number of morpholine rings is 1. The third-order valence-electron chi connectivity index (χ3n) is 5.60. The molecule has 3 N–H and O–H groups in total. The number of ether oxygens (including phenoxy) is 1. The number of rotatable bonds is 7. The highest BCUT2D eigenvalue weighted by atomic mass is 16.5. The Morgan fingerprint density at radius 2 is 1.94 bits per heavy atom. The minimum atomic E-state index is -0.197. The first kappa shape index (κ1) is 19.8. The first-order valence-corrected chi connectivity index (χ1v) is 10.8. The minimum Gasteiger partial charge on any atom is -0.379 e. The van der Waals surface area contributed by atoms with Crippen LogP contribution >= 0.6 is 0 Å². The van der Waals surface area contributed by atoms with E-state index in [1.807, 2.05) is 41.1 Å². The lowest BCUT2D eigenvalue weighted by atomic mass is 10.1. The summed E-state index contributed by atoms with van der Waals surface area (Å²) in [6.45, 7) is 4.80. The molecule has 3 aromatic rings. The second-order valence-electron chi connectivity index (χ2n) is 7.94. The summed E-state index contributed by atoms with van der Waals surface area (Å²) in [7, 11) is 0. The molecule has 9 nitrogen and oxygen atoms in total. The zero-order valence-electron chi connectivity index (χ0n) is 17.4. The number of hydrogen-bond acceptors (Lipinski definition) is 6. The standard InChI is InChI=1S/C22H27N7O2/c30-22(24-7-9-28-11-13-31-14-12-28)27-18-3-1-16(2-4-18)19-15-25-21-20(26-17-5-6-17)23-8-10-29(19)21/h1-4,8,10,15,17H,5-7,9,11-14H2,(H,23,26)(H2,24,27,30). The number of carbonyl (C=O) groups excluding carboxylic acids is 1. The van der Waals surface area contributed by atoms with Gasteiger partial charge in [-0.1, -0.05) is 12.1 Å². The summed E-state index contributed by atoms with van der Waals surface area (Å²) < 4.78 is 7.38. The maximum Gasteiger partial charge on any atom is 0.319 e. The lowest BCUT2D eigenvalue weighted by Gasteiger charge is -2.26. The van der Waals surface area contributed by atoms with Crippen molar-refractivity contribution in [2.75, 3.05) is 50.0 Å². The summed E-state index contributed by atoms with van der Waals surface area (Å²) in [4.78, 5) is 23.5. The summed E-state index contributed by atoms with van der Waals surface area (Å²) in [6.07, 6.45) is 7.94. The summed E-state index contributed by atoms with van der Waals surface area (Å²) in [6, 6.07) is 8.10. The lowest BCUT2D eigenvalue weighted by Crippen LogP contribution is -2.42. The van der Waals surface area contributed by atoms with Crippen LogP contribution in [0.15, 0.2) is 42.9 Å². The number of fused-ring (bicyclic) bond motifs is 1. The van der Waals surface area contributed by atoms with Gasteiger partial charge in [0.2, 0.25) is 0 Å². The van der Waals surface area contributed by atoms with Gasteiger partial charge in [0.25, 0.3) is 0 Å². The molecule has 5 rings (SSSR count). The van der Waals surface area contributed by atoms with Gasteiger partial charge in [0.05, 0.1) is 25.1 Å². The summed E-state index contributed by atoms with van der Waals surface area (Å²) in [5.74, 6) is 0.822. The molecular weight excluding hydrogens is 394 g/mol. The molecule has 31 heavy (non-hydrogen) atoms. The van der Waals surface area contributed by atoms with Crippen molar-refractivity contribution in [3.8, 4) is 11.3 Å². The zero-order valence-corrected chi connectivity index (χ0v) is 17.4. The van der Waals surface area contributed by atoms with Crippen LogP contribution in [0.1, 0.15) is 12.8 Å². The largest absolute Gasteiger partial charge is 0.379 e. The Morgan fingerprint density at radius 3 is 2.71 bits per heavy atom. The Labute approximate surface area is 180 Å². The molecule has 0 radical (unpaired) electrons. The fourth-order valence-electron chi connectivity index (χ4n) is 3.71. The van der Waals surface area contributed by atoms with E-state index in [0.717, 1.165) is 61.3 Å². The van der Waals surface area contributed by atoms with Crippen LogP contribution in [0.4, 0.5) is 16.3 Å². The molecule has 162 valence electrons. The van der Waals surface area contributed by atoms with Crippen molar-refractivity contribution < 1.29 is 9.53 Å². The molecule has 3 heterocycles. The molecule has 1 aliphatic heterocycles. The molecule has 0 unspecified atom stereocenters. The molecule has 1 saturated carbocycles. The van der Waals surface area contributed by atoms with Gasteiger partial charge in [-0.25, -0.2) is 14.8 Å². The van der Waals surface area contributed by atoms with Gasteiger partial charge in [0.1, 0.15) is 0 Å². The van der Waals surface area contributed by atoms with Gasteiger partial charge in [0.15, 0.2) is 11.5 Å². The number of imidazole rings is 1. The van der Waals surface area contributed by atoms with E-state index < -0.39 is 0 Å². The van der Waals surface area contributed by atoms with Crippen LogP contribution in [0.3, 0.4) is 0 Å². The molecule has 1 aliphatic carbocycles. The molecule has 0 bridgehead atoms. The first-order chi connectivity index (χ1) is 15.3. The van der Waals surface area contributed by atoms with Crippen LogP contribution in [0, 0.1) is 0 Å². The molecular formula is C22H27N7O2. The minimum absolute atomic E-state index is 0.197. The quantitative estimate of drug-likeness (QED) is 0.542. The predicted molar refractivity (Wildman–Crippen MR) is 119 cm³/mol. The van der Waals surface area contributed by atoms with Gasteiger partial charge < -0.3 is 20.7 Å². The Bertz CT molecular complexity index is 1040. The second kappa shape index (κ2) is 8.91. The molecule has 2 aromatic heterocycles. The number of anilines is 2. The molecule has 2 amide bonds. The average Bonchev–Trinajstić information content (AvgIpc) is 3.50. The highest BCUT2D eigenvalue weighted by Crippen LogP contribution is 2.28. The normalized spacial score (nSPS) is 16.9. The summed E-state index contributed by atoms with van der Waals surface area (Å²) >= 11 is 0. The number of aromatic nitrogens is 3. The van der Waals surface area contributed by atoms with Crippen molar-refractivity contribution in [2.45, 2.75) is 18.9 Å². The van der Waals surface area contributed by atoms with Gasteiger partial charge in [-0.2, -0.15) is 0 Å². The number of hydrogen-bond donors (Lipinski definition) is 3. The van der Waals surface area contributed by atoms with Crippen LogP contribution in [0.25, 0.3) is 16.9 Å². The van der Waals surface area contributed by atoms with Gasteiger partial charge >= 0.3 is 6.03 Å². The second-order valence-corrected chi connectivity index (χ2v) is 7.94. The number of benzene rings is 1. The van der Waals surface area contributed by atoms with Crippen molar-refractivity contribution in [3.63, 3.8) is 0 Å². The van der Waals surface area contributed by atoms with Gasteiger partial charge in [0, 0.05) is 55.9 Å². The number of amides is 2. The molecule has 0 atom stereocenters. The first-order valence-electron chi connectivity index (χ1n) is 10.8. The van der Waals surface area contributed by atoms with Crippen LogP contribution in [0.5, 0.6) is 0 Å². The Kier molecular flexibility index (Phi) is 5.68. The maximum absolute atomic E-state index is 12.2. The smallest absolute Gasteiger partial charge is 0.319 e.